The van der Waals surface area contributed by atoms with Crippen LogP contribution >= 0.6 is 0 Å². The lowest BCUT2D eigenvalue weighted by molar-refractivity contribution is 0.0910. The molecule has 2 N–H and O–H groups in total. The first-order chi connectivity index (χ1) is 10.8. The van der Waals surface area contributed by atoms with Gasteiger partial charge in [-0.25, -0.2) is 9.67 Å². The van der Waals surface area contributed by atoms with Gasteiger partial charge >= 0.3 is 0 Å². The number of hydrogen-bond acceptors (Lipinski definition) is 4. The lowest BCUT2D eigenvalue weighted by Gasteiger charge is -2.18. The summed E-state index contributed by atoms with van der Waals surface area (Å²) < 4.78 is 1.82. The van der Waals surface area contributed by atoms with E-state index in [1.807, 2.05) is 25.5 Å². The summed E-state index contributed by atoms with van der Waals surface area (Å²) in [6, 6.07) is 1.70. The lowest BCUT2D eigenvalue weighted by Crippen LogP contribution is -2.38. The molecule has 0 spiro atoms. The third kappa shape index (κ3) is 3.88. The van der Waals surface area contributed by atoms with Gasteiger partial charge in [0.1, 0.15) is 0 Å². The number of carbonyl (C=O) groups is 1. The molecule has 0 radical (unpaired) electrons. The van der Waals surface area contributed by atoms with Gasteiger partial charge in [-0.15, -0.1) is 0 Å². The van der Waals surface area contributed by atoms with Crippen molar-refractivity contribution in [2.75, 3.05) is 6.61 Å². The van der Waals surface area contributed by atoms with E-state index in [-0.39, 0.29) is 24.6 Å². The molecule has 2 aromatic heterocycles. The van der Waals surface area contributed by atoms with Crippen LogP contribution in [0.5, 0.6) is 0 Å². The number of amides is 1. The molecule has 2 aromatic rings. The van der Waals surface area contributed by atoms with Crippen molar-refractivity contribution in [1.82, 2.24) is 20.1 Å². The highest BCUT2D eigenvalue weighted by atomic mass is 16.3. The van der Waals surface area contributed by atoms with E-state index in [4.69, 9.17) is 0 Å². The molecule has 6 nitrogen and oxygen atoms in total. The number of rotatable bonds is 6. The van der Waals surface area contributed by atoms with Crippen LogP contribution in [0.3, 0.4) is 0 Å². The van der Waals surface area contributed by atoms with E-state index in [9.17, 15) is 9.90 Å². The highest BCUT2D eigenvalue weighted by Crippen LogP contribution is 2.21. The minimum Gasteiger partial charge on any atom is -0.394 e. The van der Waals surface area contributed by atoms with Crippen LogP contribution in [0.4, 0.5) is 0 Å². The second-order valence-corrected chi connectivity index (χ2v) is 6.71. The summed E-state index contributed by atoms with van der Waals surface area (Å²) in [7, 11) is 0. The fourth-order valence-electron chi connectivity index (χ4n) is 2.72. The molecule has 1 amide bonds. The number of aryl methyl sites for hydroxylation is 1. The Morgan fingerprint density at radius 2 is 2.04 bits per heavy atom. The normalized spacial score (nSPS) is 13.0. The number of hydrogen-bond donors (Lipinski definition) is 2. The summed E-state index contributed by atoms with van der Waals surface area (Å²) in [6.45, 7) is 9.99. The average molecular weight is 318 g/mol. The van der Waals surface area contributed by atoms with Gasteiger partial charge in [-0.05, 0) is 39.2 Å². The van der Waals surface area contributed by atoms with Crippen molar-refractivity contribution in [3.05, 3.63) is 23.5 Å². The lowest BCUT2D eigenvalue weighted by atomic mass is 10.0. The number of aliphatic hydroxyl groups excluding tert-OH is 1. The minimum atomic E-state index is -0.244. The van der Waals surface area contributed by atoms with Gasteiger partial charge in [-0.3, -0.25) is 4.79 Å². The molecular formula is C17H26N4O2. The molecule has 6 heteroatoms. The monoisotopic (exact) mass is 318 g/mol. The molecule has 0 aromatic carbocycles. The Labute approximate surface area is 136 Å². The Morgan fingerprint density at radius 1 is 1.35 bits per heavy atom. The standard InChI is InChI=1S/C17H26N4O2/c1-10(2)6-13(9-22)20-17(23)14-7-12(5)19-16-15(14)8-18-21(16)11(3)4/h7-8,10-11,13,22H,6,9H2,1-5H3,(H,20,23). The van der Waals surface area contributed by atoms with Crippen molar-refractivity contribution in [1.29, 1.82) is 0 Å². The molecule has 1 unspecified atom stereocenters. The molecular weight excluding hydrogens is 292 g/mol. The Balaban J connectivity index is 2.37. The maximum Gasteiger partial charge on any atom is 0.252 e. The molecule has 0 saturated carbocycles. The fraction of sp³-hybridized carbons (Fsp3) is 0.588. The van der Waals surface area contributed by atoms with Crippen molar-refractivity contribution >= 4 is 16.9 Å². The second-order valence-electron chi connectivity index (χ2n) is 6.71. The van der Waals surface area contributed by atoms with Crippen LogP contribution in [-0.2, 0) is 0 Å². The zero-order chi connectivity index (χ0) is 17.1. The van der Waals surface area contributed by atoms with Gasteiger partial charge in [-0.2, -0.15) is 5.10 Å². The van der Waals surface area contributed by atoms with E-state index >= 15 is 0 Å². The van der Waals surface area contributed by atoms with Gasteiger partial charge in [0.25, 0.3) is 5.91 Å². The summed E-state index contributed by atoms with van der Waals surface area (Å²) in [4.78, 5) is 17.2. The van der Waals surface area contributed by atoms with E-state index in [0.717, 1.165) is 23.1 Å². The summed E-state index contributed by atoms with van der Waals surface area (Å²) >= 11 is 0. The number of nitrogens with zero attached hydrogens (tertiary/aromatic N) is 3. The van der Waals surface area contributed by atoms with Crippen LogP contribution in [-0.4, -0.2) is 38.4 Å². The van der Waals surface area contributed by atoms with Crippen molar-refractivity contribution in [2.24, 2.45) is 5.92 Å². The first-order valence-electron chi connectivity index (χ1n) is 8.10. The van der Waals surface area contributed by atoms with Crippen LogP contribution in [0.2, 0.25) is 0 Å². The van der Waals surface area contributed by atoms with Crippen molar-refractivity contribution < 1.29 is 9.90 Å². The number of aliphatic hydroxyl groups is 1. The van der Waals surface area contributed by atoms with Gasteiger partial charge < -0.3 is 10.4 Å². The first kappa shape index (κ1) is 17.4. The van der Waals surface area contributed by atoms with Crippen molar-refractivity contribution in [3.8, 4) is 0 Å². The smallest absolute Gasteiger partial charge is 0.252 e. The Bertz CT molecular complexity index is 691. The van der Waals surface area contributed by atoms with E-state index in [1.165, 1.54) is 0 Å². The summed E-state index contributed by atoms with van der Waals surface area (Å²) in [5, 5.41) is 17.5. The van der Waals surface area contributed by atoms with E-state index in [2.05, 4.69) is 29.2 Å². The Hall–Kier alpha value is -1.95. The highest BCUT2D eigenvalue weighted by molar-refractivity contribution is 6.05. The topological polar surface area (TPSA) is 80.0 Å². The van der Waals surface area contributed by atoms with Gasteiger partial charge in [-0.1, -0.05) is 13.8 Å². The van der Waals surface area contributed by atoms with Gasteiger partial charge in [0, 0.05) is 11.7 Å². The van der Waals surface area contributed by atoms with Crippen LogP contribution in [0.1, 0.15) is 56.2 Å². The molecule has 0 fully saturated rings. The number of pyridine rings is 1. The largest absolute Gasteiger partial charge is 0.394 e. The Kier molecular flexibility index (Phi) is 5.36. The number of nitrogens with one attached hydrogen (secondary N) is 1. The minimum absolute atomic E-state index is 0.0671. The third-order valence-corrected chi connectivity index (χ3v) is 3.74. The summed E-state index contributed by atoms with van der Waals surface area (Å²) in [5.74, 6) is 0.207. The number of carbonyl (C=O) groups excluding carboxylic acids is 1. The van der Waals surface area contributed by atoms with Gasteiger partial charge in [0.2, 0.25) is 0 Å². The SMILES string of the molecule is Cc1cc(C(=O)NC(CO)CC(C)C)c2cnn(C(C)C)c2n1. The maximum absolute atomic E-state index is 12.7. The third-order valence-electron chi connectivity index (χ3n) is 3.74. The zero-order valence-electron chi connectivity index (χ0n) is 14.5. The second kappa shape index (κ2) is 7.08. The molecule has 0 bridgehead atoms. The maximum atomic E-state index is 12.7. The predicted molar refractivity (Wildman–Crippen MR) is 90.4 cm³/mol. The van der Waals surface area contributed by atoms with E-state index < -0.39 is 0 Å². The molecule has 2 heterocycles. The van der Waals surface area contributed by atoms with Crippen LogP contribution in [0, 0.1) is 12.8 Å². The number of aromatic nitrogens is 3. The highest BCUT2D eigenvalue weighted by Gasteiger charge is 2.19. The van der Waals surface area contributed by atoms with Crippen LogP contribution < -0.4 is 5.32 Å². The quantitative estimate of drug-likeness (QED) is 0.857. The van der Waals surface area contributed by atoms with Crippen molar-refractivity contribution in [3.63, 3.8) is 0 Å². The Morgan fingerprint density at radius 3 is 2.61 bits per heavy atom. The zero-order valence-corrected chi connectivity index (χ0v) is 14.5. The van der Waals surface area contributed by atoms with Crippen molar-refractivity contribution in [2.45, 2.75) is 53.1 Å². The molecule has 23 heavy (non-hydrogen) atoms. The number of fused-ring (bicyclic) bond motifs is 1. The molecule has 2 rings (SSSR count). The van der Waals surface area contributed by atoms with Crippen LogP contribution in [0.25, 0.3) is 11.0 Å². The first-order valence-corrected chi connectivity index (χ1v) is 8.10. The van der Waals surface area contributed by atoms with Gasteiger partial charge in [0.05, 0.1) is 29.8 Å². The molecule has 0 saturated heterocycles. The van der Waals surface area contributed by atoms with E-state index in [1.54, 1.807) is 12.3 Å². The summed E-state index contributed by atoms with van der Waals surface area (Å²) in [5.41, 5.74) is 2.05. The van der Waals surface area contributed by atoms with Crippen LogP contribution in [0.15, 0.2) is 12.3 Å². The molecule has 126 valence electrons. The fourth-order valence-corrected chi connectivity index (χ4v) is 2.72. The average Bonchev–Trinajstić information content (AvgIpc) is 2.88. The predicted octanol–water partition coefficient (Wildman–Crippen LogP) is 2.46. The van der Waals surface area contributed by atoms with E-state index in [0.29, 0.717) is 11.5 Å². The van der Waals surface area contributed by atoms with Gasteiger partial charge in [0.15, 0.2) is 5.65 Å². The molecule has 0 aliphatic carbocycles. The summed E-state index contributed by atoms with van der Waals surface area (Å²) in [6.07, 6.45) is 2.42. The molecule has 1 atom stereocenters. The molecule has 0 aliphatic heterocycles. The molecule has 0 aliphatic rings.